The number of nitriles is 1. The fourth-order valence-electron chi connectivity index (χ4n) is 0.737. The summed E-state index contributed by atoms with van der Waals surface area (Å²) in [5.41, 5.74) is 0. The molecule has 0 unspecified atom stereocenters. The molecule has 0 fully saturated rings. The number of rotatable bonds is 1. The SMILES string of the molecule is C#N.Clc1cc(Cl)c([O][HgH])c(Cl)c1Cl. The summed E-state index contributed by atoms with van der Waals surface area (Å²) >= 11 is 23.0. The summed E-state index contributed by atoms with van der Waals surface area (Å²) in [7, 11) is 0. The van der Waals surface area contributed by atoms with Crippen LogP contribution in [0.1, 0.15) is 0 Å². The maximum atomic E-state index is 6.50. The molecule has 1 aromatic rings. The predicted octanol–water partition coefficient (Wildman–Crippen LogP) is 4.01. The Kier molecular flexibility index (Phi) is 7.28. The molecule has 7 heteroatoms. The van der Waals surface area contributed by atoms with Crippen LogP contribution in [-0.4, -0.2) is 0 Å². The Bertz CT molecular complexity index is 355. The summed E-state index contributed by atoms with van der Waals surface area (Å²) < 4.78 is 5.13. The van der Waals surface area contributed by atoms with Gasteiger partial charge >= 0.3 is 108 Å². The Morgan fingerprint density at radius 1 is 1.07 bits per heavy atom. The summed E-state index contributed by atoms with van der Waals surface area (Å²) in [6.07, 6.45) is 0. The van der Waals surface area contributed by atoms with Crippen LogP contribution in [-0.2, 0) is 26.6 Å². The Balaban J connectivity index is 0.000000791. The van der Waals surface area contributed by atoms with Gasteiger partial charge in [-0.25, -0.2) is 5.26 Å². The number of halogens is 4. The van der Waals surface area contributed by atoms with Gasteiger partial charge in [-0.1, -0.05) is 0 Å². The molecule has 0 radical (unpaired) electrons. The van der Waals surface area contributed by atoms with Gasteiger partial charge in [-0.2, -0.15) is 0 Å². The van der Waals surface area contributed by atoms with E-state index in [-0.39, 0.29) is 36.6 Å². The standard InChI is InChI=1S/C6H2Cl4O.CHN.Hg.H/c7-2-1-3(8)6(11)5(10)4(2)9;1-2;;/h1,11H;1H;;/q;;+1;/p-1. The van der Waals surface area contributed by atoms with Crippen molar-refractivity contribution in [1.29, 1.82) is 5.26 Å². The topological polar surface area (TPSA) is 33.0 Å². The molecule has 0 amide bonds. The quantitative estimate of drug-likeness (QED) is 0.361. The van der Waals surface area contributed by atoms with E-state index in [0.29, 0.717) is 15.8 Å². The van der Waals surface area contributed by atoms with Crippen molar-refractivity contribution >= 4 is 46.4 Å². The molecule has 0 saturated heterocycles. The number of hydrogen-bond donors (Lipinski definition) is 0. The van der Waals surface area contributed by atoms with Gasteiger partial charge < -0.3 is 0 Å². The second kappa shape index (κ2) is 6.97. The number of hydrogen-bond acceptors (Lipinski definition) is 2. The Hall–Kier alpha value is 0.605. The average Bonchev–Trinajstić information content (AvgIpc) is 2.18. The van der Waals surface area contributed by atoms with Crippen LogP contribution in [0.2, 0.25) is 20.1 Å². The van der Waals surface area contributed by atoms with Crippen LogP contribution in [0.5, 0.6) is 5.75 Å². The molecule has 2 nitrogen and oxygen atoms in total. The van der Waals surface area contributed by atoms with Gasteiger partial charge in [-0.15, -0.1) is 0 Å². The van der Waals surface area contributed by atoms with Gasteiger partial charge in [0.25, 0.3) is 0 Å². The second-order valence-corrected chi connectivity index (χ2v) is 5.16. The zero-order valence-electron chi connectivity index (χ0n) is 7.02. The molecule has 0 N–H and O–H groups in total. The first kappa shape index (κ1) is 14.6. The first-order chi connectivity index (χ1) is 6.57. The third-order valence-corrected chi connectivity index (χ3v) is 4.39. The van der Waals surface area contributed by atoms with E-state index in [2.05, 4.69) is 6.57 Å². The fraction of sp³-hybridized carbons (Fsp3) is 0. The molecule has 1 aromatic carbocycles. The van der Waals surface area contributed by atoms with Crippen molar-refractivity contribution < 1.29 is 29.2 Å². The van der Waals surface area contributed by atoms with Crippen LogP contribution in [0.25, 0.3) is 0 Å². The van der Waals surface area contributed by atoms with E-state index in [1.54, 1.807) is 0 Å². The molecule has 1 rings (SSSR count). The van der Waals surface area contributed by atoms with E-state index in [1.807, 2.05) is 0 Å². The van der Waals surface area contributed by atoms with Gasteiger partial charge in [0, 0.05) is 6.57 Å². The molecule has 0 heterocycles. The minimum absolute atomic E-state index is 0.0751. The first-order valence-electron chi connectivity index (χ1n) is 3.20. The van der Waals surface area contributed by atoms with Crippen molar-refractivity contribution in [3.63, 3.8) is 0 Å². The number of benzene rings is 1. The van der Waals surface area contributed by atoms with Gasteiger partial charge in [-0.05, 0) is 0 Å². The second-order valence-electron chi connectivity index (χ2n) is 2.00. The normalized spacial score (nSPS) is 8.64. The summed E-state index contributed by atoms with van der Waals surface area (Å²) in [5.74, 6) is 0.439. The van der Waals surface area contributed by atoms with Crippen LogP contribution in [0.4, 0.5) is 0 Å². The third-order valence-electron chi connectivity index (χ3n) is 1.28. The van der Waals surface area contributed by atoms with Gasteiger partial charge in [0.1, 0.15) is 0 Å². The van der Waals surface area contributed by atoms with E-state index in [9.17, 15) is 0 Å². The predicted molar refractivity (Wildman–Crippen MR) is 55.2 cm³/mol. The summed E-state index contributed by atoms with van der Waals surface area (Å²) in [5, 5.41) is 7.81. The minimum atomic E-state index is -0.0751. The zero-order chi connectivity index (χ0) is 11.3. The van der Waals surface area contributed by atoms with Gasteiger partial charge in [0.2, 0.25) is 0 Å². The molecule has 0 aliphatic rings. The van der Waals surface area contributed by atoms with Crippen molar-refractivity contribution in [3.8, 4) is 12.3 Å². The fourth-order valence-corrected chi connectivity index (χ4v) is 4.45. The van der Waals surface area contributed by atoms with Gasteiger partial charge in [0.05, 0.1) is 0 Å². The Labute approximate surface area is 118 Å². The van der Waals surface area contributed by atoms with E-state index >= 15 is 0 Å². The molecule has 0 aromatic heterocycles. The van der Waals surface area contributed by atoms with Crippen LogP contribution in [0.15, 0.2) is 6.07 Å². The average molecular weight is 460 g/mol. The van der Waals surface area contributed by atoms with Crippen LogP contribution in [0, 0.1) is 11.8 Å². The molecular formula is C7H3Cl4HgNO. The molecule has 0 bridgehead atoms. The first-order valence-corrected chi connectivity index (χ1v) is 7.89. The van der Waals surface area contributed by atoms with E-state index in [0.717, 1.165) is 0 Å². The van der Waals surface area contributed by atoms with E-state index in [4.69, 9.17) is 54.3 Å². The summed E-state index contributed by atoms with van der Waals surface area (Å²) in [6, 6.07) is 1.52. The molecule has 0 atom stereocenters. The molecule has 14 heavy (non-hydrogen) atoms. The van der Waals surface area contributed by atoms with Gasteiger partial charge in [-0.3, -0.25) is 0 Å². The summed E-state index contributed by atoms with van der Waals surface area (Å²) in [4.78, 5) is 0. The van der Waals surface area contributed by atoms with E-state index < -0.39 is 0 Å². The zero-order valence-corrected chi connectivity index (χ0v) is 17.8. The molecule has 0 spiro atoms. The van der Waals surface area contributed by atoms with Crippen LogP contribution < -0.4 is 2.64 Å². The molecule has 0 aliphatic carbocycles. The van der Waals surface area contributed by atoms with E-state index in [1.165, 1.54) is 6.07 Å². The van der Waals surface area contributed by atoms with Crippen molar-refractivity contribution in [2.75, 3.05) is 0 Å². The Morgan fingerprint density at radius 3 is 2.00 bits per heavy atom. The molecular weight excluding hydrogens is 456 g/mol. The van der Waals surface area contributed by atoms with Crippen LogP contribution >= 0.6 is 46.4 Å². The third kappa shape index (κ3) is 3.32. The molecule has 0 aliphatic heterocycles. The molecule has 72 valence electrons. The molecule has 0 saturated carbocycles. The van der Waals surface area contributed by atoms with Crippen molar-refractivity contribution in [3.05, 3.63) is 26.2 Å². The Morgan fingerprint density at radius 2 is 1.57 bits per heavy atom. The van der Waals surface area contributed by atoms with Gasteiger partial charge in [0.15, 0.2) is 0 Å². The summed E-state index contributed by atoms with van der Waals surface area (Å²) in [6.45, 7) is 3.50. The van der Waals surface area contributed by atoms with Crippen molar-refractivity contribution in [2.45, 2.75) is 0 Å². The number of nitrogens with zero attached hydrogens (tertiary/aromatic N) is 1. The maximum absolute atomic E-state index is 6.50. The monoisotopic (exact) mass is 459 g/mol. The van der Waals surface area contributed by atoms with Crippen molar-refractivity contribution in [1.82, 2.24) is 0 Å². The van der Waals surface area contributed by atoms with Crippen LogP contribution in [0.3, 0.4) is 0 Å². The van der Waals surface area contributed by atoms with Crippen molar-refractivity contribution in [2.24, 2.45) is 0 Å².